The molecule has 33 heavy (non-hydrogen) atoms. The van der Waals surface area contributed by atoms with Gasteiger partial charge in [-0.2, -0.15) is 0 Å². The first-order valence-electron chi connectivity index (χ1n) is 11.2. The third-order valence-electron chi connectivity index (χ3n) is 5.90. The SMILES string of the molecule is CCCCCn1c(CC)nc2c(c1=O)c1nc3ccccc3nc1n2-c1ccc(Cl)c(Cl)c1. The van der Waals surface area contributed by atoms with Gasteiger partial charge in [-0.25, -0.2) is 15.0 Å². The molecule has 2 aromatic carbocycles. The number of hydrogen-bond acceptors (Lipinski definition) is 4. The van der Waals surface area contributed by atoms with E-state index in [2.05, 4.69) is 6.92 Å². The average molecular weight is 480 g/mol. The zero-order valence-corrected chi connectivity index (χ0v) is 20.0. The van der Waals surface area contributed by atoms with Gasteiger partial charge >= 0.3 is 0 Å². The number of benzene rings is 2. The summed E-state index contributed by atoms with van der Waals surface area (Å²) in [5, 5.41) is 1.35. The first-order chi connectivity index (χ1) is 16.0. The van der Waals surface area contributed by atoms with Crippen LogP contribution in [0.1, 0.15) is 38.9 Å². The van der Waals surface area contributed by atoms with Crippen LogP contribution >= 0.6 is 23.2 Å². The van der Waals surface area contributed by atoms with Crippen molar-refractivity contribution < 1.29 is 0 Å². The number of nitrogens with zero attached hydrogens (tertiary/aromatic N) is 5. The van der Waals surface area contributed by atoms with Gasteiger partial charge in [0, 0.05) is 13.0 Å². The molecule has 5 rings (SSSR count). The number of halogens is 2. The first-order valence-corrected chi connectivity index (χ1v) is 11.9. The van der Waals surface area contributed by atoms with Crippen LogP contribution in [0.4, 0.5) is 0 Å². The normalized spacial score (nSPS) is 11.8. The first kappa shape index (κ1) is 21.9. The maximum atomic E-state index is 13.8. The molecule has 6 nitrogen and oxygen atoms in total. The van der Waals surface area contributed by atoms with Gasteiger partial charge in [0.05, 0.1) is 26.8 Å². The molecular weight excluding hydrogens is 457 g/mol. The van der Waals surface area contributed by atoms with Crippen LogP contribution in [0.2, 0.25) is 10.0 Å². The summed E-state index contributed by atoms with van der Waals surface area (Å²) < 4.78 is 3.66. The summed E-state index contributed by atoms with van der Waals surface area (Å²) in [5.74, 6) is 0.747. The standard InChI is InChI=1S/C25H23Cl2N5O/c1-3-5-8-13-31-20(4-2)30-23-21(25(31)33)22-24(29-19-10-7-6-9-18(19)28-22)32(23)15-11-12-16(26)17(27)14-15/h6-7,9-12,14H,3-5,8,13H2,1-2H3. The zero-order chi connectivity index (χ0) is 23.1. The maximum absolute atomic E-state index is 13.8. The van der Waals surface area contributed by atoms with E-state index >= 15 is 0 Å². The predicted octanol–water partition coefficient (Wildman–Crippen LogP) is 6.34. The molecule has 0 unspecified atom stereocenters. The van der Waals surface area contributed by atoms with E-state index in [4.69, 9.17) is 38.2 Å². The molecule has 5 aromatic rings. The van der Waals surface area contributed by atoms with Crippen molar-refractivity contribution in [3.63, 3.8) is 0 Å². The summed E-state index contributed by atoms with van der Waals surface area (Å²) in [6.45, 7) is 4.80. The molecule has 0 amide bonds. The van der Waals surface area contributed by atoms with E-state index in [1.54, 1.807) is 16.7 Å². The molecule has 0 fully saturated rings. The van der Waals surface area contributed by atoms with Gasteiger partial charge < -0.3 is 0 Å². The molecule has 3 heterocycles. The summed E-state index contributed by atoms with van der Waals surface area (Å²) >= 11 is 12.5. The Bertz CT molecular complexity index is 1570. The van der Waals surface area contributed by atoms with E-state index in [1.165, 1.54) is 0 Å². The lowest BCUT2D eigenvalue weighted by Gasteiger charge is -2.12. The molecule has 0 saturated heterocycles. The summed E-state index contributed by atoms with van der Waals surface area (Å²) in [7, 11) is 0. The van der Waals surface area contributed by atoms with E-state index in [1.807, 2.05) is 41.8 Å². The molecule has 3 aromatic heterocycles. The minimum Gasteiger partial charge on any atom is -0.296 e. The monoisotopic (exact) mass is 479 g/mol. The molecule has 0 aliphatic carbocycles. The molecule has 0 spiro atoms. The highest BCUT2D eigenvalue weighted by molar-refractivity contribution is 6.42. The van der Waals surface area contributed by atoms with Crippen molar-refractivity contribution in [1.29, 1.82) is 0 Å². The lowest BCUT2D eigenvalue weighted by Crippen LogP contribution is -2.25. The van der Waals surface area contributed by atoms with E-state index < -0.39 is 0 Å². The smallest absolute Gasteiger partial charge is 0.265 e. The molecular formula is C25H23Cl2N5O. The Morgan fingerprint density at radius 2 is 1.64 bits per heavy atom. The predicted molar refractivity (Wildman–Crippen MR) is 135 cm³/mol. The number of para-hydroxylation sites is 2. The second kappa shape index (κ2) is 8.76. The second-order valence-electron chi connectivity index (χ2n) is 8.06. The Morgan fingerprint density at radius 3 is 2.33 bits per heavy atom. The lowest BCUT2D eigenvalue weighted by molar-refractivity contribution is 0.560. The zero-order valence-electron chi connectivity index (χ0n) is 18.5. The molecule has 0 aliphatic heterocycles. The van der Waals surface area contributed by atoms with E-state index in [9.17, 15) is 4.79 Å². The average Bonchev–Trinajstić information content (AvgIpc) is 3.13. The van der Waals surface area contributed by atoms with E-state index in [0.717, 1.165) is 41.8 Å². The lowest BCUT2D eigenvalue weighted by atomic mass is 10.2. The fourth-order valence-electron chi connectivity index (χ4n) is 4.26. The van der Waals surface area contributed by atoms with Gasteiger partial charge in [-0.3, -0.25) is 13.9 Å². The number of hydrogen-bond donors (Lipinski definition) is 0. The summed E-state index contributed by atoms with van der Waals surface area (Å²) in [6, 6.07) is 13.0. The summed E-state index contributed by atoms with van der Waals surface area (Å²) in [5.41, 5.74) is 3.77. The number of aryl methyl sites for hydroxylation is 1. The summed E-state index contributed by atoms with van der Waals surface area (Å²) in [6.07, 6.45) is 3.71. The van der Waals surface area contributed by atoms with Gasteiger partial charge in [-0.1, -0.05) is 62.0 Å². The fourth-order valence-corrected chi connectivity index (χ4v) is 4.55. The van der Waals surface area contributed by atoms with Crippen molar-refractivity contribution in [1.82, 2.24) is 24.1 Å². The Labute approximate surface area is 200 Å². The quantitative estimate of drug-likeness (QED) is 0.266. The molecule has 0 aliphatic rings. The summed E-state index contributed by atoms with van der Waals surface area (Å²) in [4.78, 5) is 28.5. The van der Waals surface area contributed by atoms with Gasteiger partial charge in [0.25, 0.3) is 5.56 Å². The van der Waals surface area contributed by atoms with Crippen LogP contribution in [0, 0.1) is 0 Å². The highest BCUT2D eigenvalue weighted by atomic mass is 35.5. The number of unbranched alkanes of at least 4 members (excludes halogenated alkanes) is 2. The van der Waals surface area contributed by atoms with Crippen LogP contribution in [0.3, 0.4) is 0 Å². The van der Waals surface area contributed by atoms with Crippen molar-refractivity contribution in [2.45, 2.75) is 46.1 Å². The molecule has 0 atom stereocenters. The highest BCUT2D eigenvalue weighted by Gasteiger charge is 2.23. The van der Waals surface area contributed by atoms with E-state index in [0.29, 0.717) is 45.2 Å². The fraction of sp³-hybridized carbons (Fsp3) is 0.280. The number of fused-ring (bicyclic) bond motifs is 4. The maximum Gasteiger partial charge on any atom is 0.265 e. The van der Waals surface area contributed by atoms with Crippen molar-refractivity contribution in [3.8, 4) is 5.69 Å². The van der Waals surface area contributed by atoms with Crippen LogP contribution in [-0.2, 0) is 13.0 Å². The number of rotatable bonds is 6. The molecule has 8 heteroatoms. The van der Waals surface area contributed by atoms with E-state index in [-0.39, 0.29) is 5.56 Å². The minimum absolute atomic E-state index is 0.0821. The number of aromatic nitrogens is 5. The topological polar surface area (TPSA) is 65.6 Å². The second-order valence-corrected chi connectivity index (χ2v) is 8.88. The Balaban J connectivity index is 1.92. The van der Waals surface area contributed by atoms with Crippen LogP contribution in [0.5, 0.6) is 0 Å². The van der Waals surface area contributed by atoms with Gasteiger partial charge in [-0.15, -0.1) is 0 Å². The molecule has 0 radical (unpaired) electrons. The van der Waals surface area contributed by atoms with Crippen LogP contribution in [0.25, 0.3) is 38.9 Å². The van der Waals surface area contributed by atoms with Crippen molar-refractivity contribution >= 4 is 56.4 Å². The Morgan fingerprint density at radius 1 is 0.879 bits per heavy atom. The van der Waals surface area contributed by atoms with Crippen molar-refractivity contribution in [2.75, 3.05) is 0 Å². The van der Waals surface area contributed by atoms with Gasteiger partial charge in [-0.05, 0) is 36.8 Å². The van der Waals surface area contributed by atoms with Gasteiger partial charge in [0.2, 0.25) is 0 Å². The molecule has 0 bridgehead atoms. The third kappa shape index (κ3) is 3.67. The largest absolute Gasteiger partial charge is 0.296 e. The van der Waals surface area contributed by atoms with Crippen LogP contribution in [-0.4, -0.2) is 24.1 Å². The molecule has 168 valence electrons. The molecule has 0 N–H and O–H groups in total. The van der Waals surface area contributed by atoms with Crippen molar-refractivity contribution in [2.24, 2.45) is 0 Å². The highest BCUT2D eigenvalue weighted by Crippen LogP contribution is 2.31. The van der Waals surface area contributed by atoms with Crippen LogP contribution < -0.4 is 5.56 Å². The molecule has 0 saturated carbocycles. The Hall–Kier alpha value is -2.96. The third-order valence-corrected chi connectivity index (χ3v) is 6.64. The van der Waals surface area contributed by atoms with Crippen LogP contribution in [0.15, 0.2) is 47.3 Å². The van der Waals surface area contributed by atoms with Gasteiger partial charge in [0.15, 0.2) is 11.3 Å². The minimum atomic E-state index is -0.0821. The Kier molecular flexibility index (Phi) is 5.81. The van der Waals surface area contributed by atoms with Gasteiger partial charge in [0.1, 0.15) is 16.7 Å². The van der Waals surface area contributed by atoms with Crippen molar-refractivity contribution in [3.05, 3.63) is 68.7 Å².